The van der Waals surface area contributed by atoms with Crippen molar-refractivity contribution in [3.05, 3.63) is 64.2 Å². The van der Waals surface area contributed by atoms with Gasteiger partial charge in [0.2, 0.25) is 0 Å². The lowest BCUT2D eigenvalue weighted by Crippen LogP contribution is -2.31. The van der Waals surface area contributed by atoms with Gasteiger partial charge in [-0.15, -0.1) is 0 Å². The zero-order valence-corrected chi connectivity index (χ0v) is 15.6. The summed E-state index contributed by atoms with van der Waals surface area (Å²) >= 11 is 6.28. The molecule has 0 N–H and O–H groups in total. The third-order valence-electron chi connectivity index (χ3n) is 4.78. The monoisotopic (exact) mass is 384 g/mol. The van der Waals surface area contributed by atoms with Crippen molar-refractivity contribution < 1.29 is 19.2 Å². The number of carbonyl (C=O) groups is 3. The minimum absolute atomic E-state index is 0.135. The molecular formula is C20H17ClN2O4. The highest BCUT2D eigenvalue weighted by atomic mass is 35.5. The van der Waals surface area contributed by atoms with Gasteiger partial charge in [0.15, 0.2) is 0 Å². The van der Waals surface area contributed by atoms with E-state index in [1.165, 1.54) is 5.06 Å². The van der Waals surface area contributed by atoms with Crippen molar-refractivity contribution in [1.29, 1.82) is 0 Å². The van der Waals surface area contributed by atoms with Gasteiger partial charge in [0, 0.05) is 5.02 Å². The lowest BCUT2D eigenvalue weighted by Gasteiger charge is -2.19. The van der Waals surface area contributed by atoms with Crippen molar-refractivity contribution in [3.63, 3.8) is 0 Å². The van der Waals surface area contributed by atoms with Crippen LogP contribution in [0.4, 0.5) is 5.69 Å². The quantitative estimate of drug-likeness (QED) is 0.760. The molecule has 1 fully saturated rings. The van der Waals surface area contributed by atoms with E-state index in [4.69, 9.17) is 16.4 Å². The van der Waals surface area contributed by atoms with E-state index in [-0.39, 0.29) is 24.3 Å². The second kappa shape index (κ2) is 6.18. The largest absolute Gasteiger partial charge is 0.272 e. The Hall–Kier alpha value is -2.70. The number of hydrogen-bond acceptors (Lipinski definition) is 4. The molecule has 0 unspecified atom stereocenters. The lowest BCUT2D eigenvalue weighted by molar-refractivity contribution is -0.165. The Kier molecular flexibility index (Phi) is 4.05. The summed E-state index contributed by atoms with van der Waals surface area (Å²) in [6.45, 7) is 4.05. The minimum atomic E-state index is -0.591. The number of hydrogen-bond donors (Lipinski definition) is 0. The Balaban J connectivity index is 1.65. The molecule has 4 rings (SSSR count). The van der Waals surface area contributed by atoms with Crippen LogP contribution in [0, 0.1) is 5.41 Å². The Morgan fingerprint density at radius 2 is 1.67 bits per heavy atom. The Labute approximate surface area is 161 Å². The molecule has 0 spiro atoms. The average Bonchev–Trinajstić information content (AvgIpc) is 3.05. The van der Waals surface area contributed by atoms with Crippen molar-refractivity contribution in [3.8, 4) is 0 Å². The first-order valence-corrected chi connectivity index (χ1v) is 8.88. The third-order valence-corrected chi connectivity index (χ3v) is 5.15. The molecule has 0 saturated carbocycles. The number of benzene rings is 2. The molecule has 0 atom stereocenters. The van der Waals surface area contributed by atoms with Crippen LogP contribution >= 0.6 is 11.6 Å². The Morgan fingerprint density at radius 1 is 1.04 bits per heavy atom. The van der Waals surface area contributed by atoms with Crippen LogP contribution in [-0.2, 0) is 16.2 Å². The number of carbonyl (C=O) groups excluding carboxylic acids is 3. The maximum Gasteiger partial charge on any atom is 0.266 e. The number of rotatable bonds is 3. The molecule has 2 aromatic rings. The number of halogens is 1. The van der Waals surface area contributed by atoms with Gasteiger partial charge >= 0.3 is 0 Å². The van der Waals surface area contributed by atoms with E-state index in [9.17, 15) is 14.4 Å². The average molecular weight is 385 g/mol. The summed E-state index contributed by atoms with van der Waals surface area (Å²) < 4.78 is 0. The number of fused-ring (bicyclic) bond motifs is 1. The standard InChI is InChI=1S/C20H17ClN2O4/c1-20(2)11-27-22(19(20)26)10-12-9-13(7-8-16(12)21)23-17(24)14-5-3-4-6-15(14)18(23)25/h3-9H,10-11H2,1-2H3. The molecule has 0 aliphatic carbocycles. The van der Waals surface area contributed by atoms with Crippen molar-refractivity contribution in [1.82, 2.24) is 5.06 Å². The van der Waals surface area contributed by atoms with E-state index >= 15 is 0 Å². The van der Waals surface area contributed by atoms with E-state index in [1.807, 2.05) is 13.8 Å². The van der Waals surface area contributed by atoms with E-state index in [2.05, 4.69) is 0 Å². The van der Waals surface area contributed by atoms with Gasteiger partial charge in [0.25, 0.3) is 17.7 Å². The van der Waals surface area contributed by atoms with Gasteiger partial charge in [0.1, 0.15) is 0 Å². The van der Waals surface area contributed by atoms with Crippen molar-refractivity contribution in [2.75, 3.05) is 11.5 Å². The molecule has 0 bridgehead atoms. The summed E-state index contributed by atoms with van der Waals surface area (Å²) in [7, 11) is 0. The number of imide groups is 1. The fraction of sp³-hybridized carbons (Fsp3) is 0.250. The van der Waals surface area contributed by atoms with Crippen LogP contribution in [0.25, 0.3) is 0 Å². The molecule has 2 aromatic carbocycles. The zero-order chi connectivity index (χ0) is 19.3. The number of anilines is 1. The summed E-state index contributed by atoms with van der Waals surface area (Å²) in [5.41, 5.74) is 1.16. The number of nitrogens with zero attached hydrogens (tertiary/aromatic N) is 2. The molecule has 1 saturated heterocycles. The first-order valence-electron chi connectivity index (χ1n) is 8.51. The van der Waals surface area contributed by atoms with Crippen LogP contribution in [0.3, 0.4) is 0 Å². The highest BCUT2D eigenvalue weighted by Gasteiger charge is 2.41. The molecule has 2 heterocycles. The van der Waals surface area contributed by atoms with Gasteiger partial charge in [-0.05, 0) is 49.7 Å². The second-order valence-corrected chi connectivity index (χ2v) is 7.67. The fourth-order valence-electron chi connectivity index (χ4n) is 3.21. The summed E-state index contributed by atoms with van der Waals surface area (Å²) in [4.78, 5) is 44.3. The third kappa shape index (κ3) is 2.81. The normalized spacial score (nSPS) is 18.4. The highest BCUT2D eigenvalue weighted by Crippen LogP contribution is 2.33. The van der Waals surface area contributed by atoms with Crippen molar-refractivity contribution in [2.24, 2.45) is 5.41 Å². The Bertz CT molecular complexity index is 951. The van der Waals surface area contributed by atoms with Crippen LogP contribution in [0.5, 0.6) is 0 Å². The van der Waals surface area contributed by atoms with Gasteiger partial charge < -0.3 is 0 Å². The first-order chi connectivity index (χ1) is 12.8. The van der Waals surface area contributed by atoms with Gasteiger partial charge in [-0.1, -0.05) is 23.7 Å². The van der Waals surface area contributed by atoms with Gasteiger partial charge in [-0.2, -0.15) is 0 Å². The summed E-state index contributed by atoms with van der Waals surface area (Å²) in [6, 6.07) is 11.6. The predicted molar refractivity (Wildman–Crippen MR) is 99.3 cm³/mol. The smallest absolute Gasteiger partial charge is 0.266 e. The van der Waals surface area contributed by atoms with Gasteiger partial charge in [0.05, 0.1) is 35.4 Å². The highest BCUT2D eigenvalue weighted by molar-refractivity contribution is 6.35. The van der Waals surface area contributed by atoms with E-state index in [0.29, 0.717) is 34.0 Å². The van der Waals surface area contributed by atoms with E-state index in [1.54, 1.807) is 42.5 Å². The topological polar surface area (TPSA) is 66.9 Å². The zero-order valence-electron chi connectivity index (χ0n) is 14.9. The molecule has 27 heavy (non-hydrogen) atoms. The van der Waals surface area contributed by atoms with Crippen LogP contribution in [0.1, 0.15) is 40.1 Å². The Morgan fingerprint density at radius 3 is 2.22 bits per heavy atom. The number of amides is 3. The van der Waals surface area contributed by atoms with Gasteiger partial charge in [-0.3, -0.25) is 19.2 Å². The lowest BCUT2D eigenvalue weighted by atomic mass is 9.95. The maximum atomic E-state index is 12.7. The second-order valence-electron chi connectivity index (χ2n) is 7.27. The molecule has 3 amide bonds. The van der Waals surface area contributed by atoms with Crippen molar-refractivity contribution >= 4 is 35.0 Å². The molecule has 0 aromatic heterocycles. The maximum absolute atomic E-state index is 12.7. The first kappa shape index (κ1) is 17.7. The van der Waals surface area contributed by atoms with Crippen LogP contribution in [0.2, 0.25) is 5.02 Å². The molecule has 2 aliphatic heterocycles. The molecule has 2 aliphatic rings. The molecule has 138 valence electrons. The minimum Gasteiger partial charge on any atom is -0.272 e. The van der Waals surface area contributed by atoms with Crippen LogP contribution < -0.4 is 4.90 Å². The molecule has 7 heteroatoms. The van der Waals surface area contributed by atoms with Gasteiger partial charge in [-0.25, -0.2) is 9.96 Å². The fourth-order valence-corrected chi connectivity index (χ4v) is 3.39. The van der Waals surface area contributed by atoms with Crippen LogP contribution in [0.15, 0.2) is 42.5 Å². The molecular weight excluding hydrogens is 368 g/mol. The predicted octanol–water partition coefficient (Wildman–Crippen LogP) is 3.44. The van der Waals surface area contributed by atoms with Crippen molar-refractivity contribution in [2.45, 2.75) is 20.4 Å². The molecule has 0 radical (unpaired) electrons. The summed E-state index contributed by atoms with van der Waals surface area (Å²) in [6.07, 6.45) is 0. The SMILES string of the molecule is CC1(C)CON(Cc2cc(N3C(=O)c4ccccc4C3=O)ccc2Cl)C1=O. The van der Waals surface area contributed by atoms with E-state index < -0.39 is 5.41 Å². The van der Waals surface area contributed by atoms with E-state index in [0.717, 1.165) is 4.90 Å². The summed E-state index contributed by atoms with van der Waals surface area (Å²) in [5, 5.41) is 1.70. The summed E-state index contributed by atoms with van der Waals surface area (Å²) in [5.74, 6) is -0.887. The number of hydroxylamine groups is 2. The molecule has 6 nitrogen and oxygen atoms in total. The van der Waals surface area contributed by atoms with Crippen LogP contribution in [-0.4, -0.2) is 29.4 Å².